The van der Waals surface area contributed by atoms with Crippen molar-refractivity contribution in [3.05, 3.63) is 42.0 Å². The van der Waals surface area contributed by atoms with Gasteiger partial charge >= 0.3 is 7.12 Å². The SMILES string of the molecule is CC1(C)OB(c2ccc(-c3cn4ccsc4n3)cc2)OC1(C)C. The number of imidazole rings is 1. The number of hydrogen-bond acceptors (Lipinski definition) is 4. The normalized spacial score (nSPS) is 19.6. The lowest BCUT2D eigenvalue weighted by molar-refractivity contribution is 0.00578. The highest BCUT2D eigenvalue weighted by molar-refractivity contribution is 7.15. The number of hydrogen-bond donors (Lipinski definition) is 0. The quantitative estimate of drug-likeness (QED) is 0.678. The Kier molecular flexibility index (Phi) is 3.20. The molecule has 1 fully saturated rings. The van der Waals surface area contributed by atoms with Gasteiger partial charge in [0.1, 0.15) is 0 Å². The predicted octanol–water partition coefficient (Wildman–Crippen LogP) is 3.36. The summed E-state index contributed by atoms with van der Waals surface area (Å²) in [5.74, 6) is 0. The molecular formula is C17H19BN2O2S. The van der Waals surface area contributed by atoms with Crippen molar-refractivity contribution in [2.45, 2.75) is 38.9 Å². The van der Waals surface area contributed by atoms with Crippen LogP contribution in [0.3, 0.4) is 0 Å². The zero-order valence-corrected chi connectivity index (χ0v) is 14.6. The van der Waals surface area contributed by atoms with Gasteiger partial charge < -0.3 is 9.31 Å². The molecule has 0 saturated carbocycles. The molecule has 0 N–H and O–H groups in total. The third-order valence-corrected chi connectivity index (χ3v) is 5.60. The van der Waals surface area contributed by atoms with Crippen LogP contribution in [-0.2, 0) is 9.31 Å². The van der Waals surface area contributed by atoms with E-state index in [0.29, 0.717) is 0 Å². The number of aromatic nitrogens is 2. The van der Waals surface area contributed by atoms with E-state index in [9.17, 15) is 0 Å². The van der Waals surface area contributed by atoms with Gasteiger partial charge in [-0.2, -0.15) is 0 Å². The third kappa shape index (κ3) is 2.41. The molecular weight excluding hydrogens is 307 g/mol. The van der Waals surface area contributed by atoms with Gasteiger partial charge in [-0.3, -0.25) is 4.40 Å². The van der Waals surface area contributed by atoms with Gasteiger partial charge in [-0.25, -0.2) is 4.98 Å². The van der Waals surface area contributed by atoms with E-state index in [2.05, 4.69) is 63.1 Å². The number of rotatable bonds is 2. The maximum Gasteiger partial charge on any atom is 0.494 e. The second kappa shape index (κ2) is 4.93. The summed E-state index contributed by atoms with van der Waals surface area (Å²) in [6, 6.07) is 8.27. The second-order valence-corrected chi connectivity index (χ2v) is 7.80. The van der Waals surface area contributed by atoms with Crippen LogP contribution in [0.5, 0.6) is 0 Å². The molecule has 118 valence electrons. The molecule has 0 spiro atoms. The molecule has 0 bridgehead atoms. The van der Waals surface area contributed by atoms with E-state index in [1.807, 2.05) is 16.0 Å². The van der Waals surface area contributed by atoms with E-state index in [1.165, 1.54) is 0 Å². The monoisotopic (exact) mass is 326 g/mol. The van der Waals surface area contributed by atoms with Gasteiger partial charge in [0.05, 0.1) is 16.9 Å². The Hall–Kier alpha value is -1.63. The number of thiazole rings is 1. The first-order chi connectivity index (χ1) is 10.9. The molecule has 23 heavy (non-hydrogen) atoms. The highest BCUT2D eigenvalue weighted by Crippen LogP contribution is 2.36. The Morgan fingerprint density at radius 2 is 1.70 bits per heavy atom. The summed E-state index contributed by atoms with van der Waals surface area (Å²) < 4.78 is 14.2. The molecule has 1 saturated heterocycles. The molecule has 0 atom stereocenters. The van der Waals surface area contributed by atoms with Gasteiger partial charge in [0, 0.05) is 23.3 Å². The van der Waals surface area contributed by atoms with Crippen LogP contribution >= 0.6 is 11.3 Å². The lowest BCUT2D eigenvalue weighted by Crippen LogP contribution is -2.41. The molecule has 0 amide bonds. The number of benzene rings is 1. The molecule has 0 aliphatic carbocycles. The van der Waals surface area contributed by atoms with Crippen molar-refractivity contribution in [1.82, 2.24) is 9.38 Å². The zero-order chi connectivity index (χ0) is 16.2. The summed E-state index contributed by atoms with van der Waals surface area (Å²) in [4.78, 5) is 5.64. The van der Waals surface area contributed by atoms with Crippen LogP contribution in [0.2, 0.25) is 0 Å². The summed E-state index contributed by atoms with van der Waals surface area (Å²) >= 11 is 1.64. The van der Waals surface area contributed by atoms with Gasteiger partial charge in [-0.15, -0.1) is 11.3 Å². The first-order valence-electron chi connectivity index (χ1n) is 7.74. The lowest BCUT2D eigenvalue weighted by Gasteiger charge is -2.32. The van der Waals surface area contributed by atoms with Crippen LogP contribution in [0.1, 0.15) is 27.7 Å². The van der Waals surface area contributed by atoms with Gasteiger partial charge in [-0.05, 0) is 33.2 Å². The highest BCUT2D eigenvalue weighted by Gasteiger charge is 2.51. The van der Waals surface area contributed by atoms with Crippen LogP contribution in [0.4, 0.5) is 0 Å². The molecule has 4 rings (SSSR count). The third-order valence-electron chi connectivity index (χ3n) is 4.83. The summed E-state index contributed by atoms with van der Waals surface area (Å²) in [5, 5.41) is 2.04. The smallest absolute Gasteiger partial charge is 0.399 e. The van der Waals surface area contributed by atoms with E-state index >= 15 is 0 Å². The number of fused-ring (bicyclic) bond motifs is 1. The fourth-order valence-corrected chi connectivity index (χ4v) is 3.36. The fourth-order valence-electron chi connectivity index (χ4n) is 2.66. The average molecular weight is 326 g/mol. The van der Waals surface area contributed by atoms with Crippen LogP contribution in [0.15, 0.2) is 42.0 Å². The van der Waals surface area contributed by atoms with Gasteiger partial charge in [0.25, 0.3) is 0 Å². The molecule has 2 aromatic heterocycles. The van der Waals surface area contributed by atoms with Crippen molar-refractivity contribution >= 4 is 28.9 Å². The molecule has 4 nitrogen and oxygen atoms in total. The minimum absolute atomic E-state index is 0.315. The van der Waals surface area contributed by atoms with Gasteiger partial charge in [0.15, 0.2) is 4.96 Å². The summed E-state index contributed by atoms with van der Waals surface area (Å²) in [5.41, 5.74) is 2.49. The Labute approximate surface area is 140 Å². The zero-order valence-electron chi connectivity index (χ0n) is 13.7. The summed E-state index contributed by atoms with van der Waals surface area (Å²) in [6.07, 6.45) is 4.07. The van der Waals surface area contributed by atoms with E-state index in [4.69, 9.17) is 9.31 Å². The summed E-state index contributed by atoms with van der Waals surface area (Å²) in [6.45, 7) is 8.27. The standard InChI is InChI=1S/C17H19BN2O2S/c1-16(2)17(3,4)22-18(21-16)13-7-5-12(6-8-13)14-11-20-9-10-23-15(20)19-14/h5-11H,1-4H3. The molecule has 1 aliphatic rings. The van der Waals surface area contributed by atoms with Crippen LogP contribution in [0, 0.1) is 0 Å². The maximum absolute atomic E-state index is 6.09. The first-order valence-corrected chi connectivity index (χ1v) is 8.62. The molecule has 0 radical (unpaired) electrons. The van der Waals surface area contributed by atoms with Crippen LogP contribution in [0.25, 0.3) is 16.2 Å². The van der Waals surface area contributed by atoms with Crippen LogP contribution in [-0.4, -0.2) is 27.7 Å². The molecule has 1 aliphatic heterocycles. The molecule has 1 aromatic carbocycles. The lowest BCUT2D eigenvalue weighted by atomic mass is 9.79. The second-order valence-electron chi connectivity index (χ2n) is 6.93. The topological polar surface area (TPSA) is 35.8 Å². The number of nitrogens with zero attached hydrogens (tertiary/aromatic N) is 2. The first kappa shape index (κ1) is 14.9. The molecule has 3 heterocycles. The van der Waals surface area contributed by atoms with Crippen molar-refractivity contribution < 1.29 is 9.31 Å². The minimum atomic E-state index is -0.320. The van der Waals surface area contributed by atoms with Gasteiger partial charge in [0.2, 0.25) is 0 Å². The average Bonchev–Trinajstić information content (AvgIpc) is 3.12. The Bertz CT molecular complexity index is 806. The Balaban J connectivity index is 1.60. The van der Waals surface area contributed by atoms with Crippen molar-refractivity contribution in [2.75, 3.05) is 0 Å². The van der Waals surface area contributed by atoms with Crippen LogP contribution < -0.4 is 5.46 Å². The Morgan fingerprint density at radius 3 is 2.30 bits per heavy atom. The highest BCUT2D eigenvalue weighted by atomic mass is 32.1. The largest absolute Gasteiger partial charge is 0.494 e. The van der Waals surface area contributed by atoms with E-state index in [0.717, 1.165) is 21.7 Å². The van der Waals surface area contributed by atoms with Crippen molar-refractivity contribution in [3.63, 3.8) is 0 Å². The Morgan fingerprint density at radius 1 is 1.04 bits per heavy atom. The van der Waals surface area contributed by atoms with E-state index in [-0.39, 0.29) is 18.3 Å². The summed E-state index contributed by atoms with van der Waals surface area (Å²) in [7, 11) is -0.320. The van der Waals surface area contributed by atoms with Crippen molar-refractivity contribution in [1.29, 1.82) is 0 Å². The van der Waals surface area contributed by atoms with E-state index < -0.39 is 0 Å². The maximum atomic E-state index is 6.09. The van der Waals surface area contributed by atoms with Gasteiger partial charge in [-0.1, -0.05) is 24.3 Å². The molecule has 6 heteroatoms. The predicted molar refractivity (Wildman–Crippen MR) is 94.2 cm³/mol. The van der Waals surface area contributed by atoms with Crippen molar-refractivity contribution in [3.8, 4) is 11.3 Å². The fraction of sp³-hybridized carbons (Fsp3) is 0.353. The van der Waals surface area contributed by atoms with E-state index in [1.54, 1.807) is 11.3 Å². The molecule has 0 unspecified atom stereocenters. The van der Waals surface area contributed by atoms with Crippen molar-refractivity contribution in [2.24, 2.45) is 0 Å². The minimum Gasteiger partial charge on any atom is -0.399 e. The molecule has 3 aromatic rings.